The van der Waals surface area contributed by atoms with Gasteiger partial charge in [0.15, 0.2) is 17.4 Å². The van der Waals surface area contributed by atoms with E-state index in [0.29, 0.717) is 0 Å². The highest BCUT2D eigenvalue weighted by Gasteiger charge is 2.23. The summed E-state index contributed by atoms with van der Waals surface area (Å²) in [5, 5.41) is 2.38. The highest BCUT2D eigenvalue weighted by Crippen LogP contribution is 2.42. The van der Waals surface area contributed by atoms with Crippen molar-refractivity contribution in [3.05, 3.63) is 206 Å². The van der Waals surface area contributed by atoms with Crippen LogP contribution in [0.15, 0.2) is 195 Å². The molecule has 0 saturated carbocycles. The number of benzene rings is 7. The maximum Gasteiger partial charge on any atom is 0.168 e. The van der Waals surface area contributed by atoms with Crippen molar-refractivity contribution >= 4 is 49.9 Å². The predicted octanol–water partition coefficient (Wildman–Crippen LogP) is 12.9. The van der Waals surface area contributed by atoms with Gasteiger partial charge in [-0.1, -0.05) is 109 Å². The standard InChI is InChI=1S/C50H38N5/c1-35-15-13-16-36(2)50(35)54(41-22-14-21-40(32-41)53-34-52(39-19-7-4-8-20-39)46-25-11-12-26-47(46)53)42-27-28-44-43-23-9-10-24-45(43)55(48(44)33-42)49-31-38(29-30-51-49)37-17-5-3-6-18-37/h3-34H,1-2H3/q+1. The lowest BCUT2D eigenvalue weighted by molar-refractivity contribution is 1.01. The van der Waals surface area contributed by atoms with E-state index in [9.17, 15) is 0 Å². The summed E-state index contributed by atoms with van der Waals surface area (Å²) in [5.74, 6) is 0.886. The van der Waals surface area contributed by atoms with Gasteiger partial charge in [0.05, 0.1) is 22.4 Å². The zero-order valence-electron chi connectivity index (χ0n) is 30.7. The van der Waals surface area contributed by atoms with Crippen molar-refractivity contribution in [1.82, 2.24) is 18.7 Å². The summed E-state index contributed by atoms with van der Waals surface area (Å²) in [4.78, 5) is 7.38. The van der Waals surface area contributed by atoms with Gasteiger partial charge in [-0.15, -0.1) is 0 Å². The van der Waals surface area contributed by atoms with Gasteiger partial charge in [-0.25, -0.2) is 4.98 Å². The van der Waals surface area contributed by atoms with Gasteiger partial charge in [-0.2, -0.15) is 9.13 Å². The van der Waals surface area contributed by atoms with Crippen LogP contribution in [-0.4, -0.2) is 18.7 Å². The molecular weight excluding hydrogens is 671 g/mol. The number of aryl methyl sites for hydroxylation is 2. The van der Waals surface area contributed by atoms with E-state index in [2.05, 4.69) is 221 Å². The van der Waals surface area contributed by atoms with Crippen molar-refractivity contribution in [2.75, 3.05) is 4.90 Å². The number of hydrogen-bond acceptors (Lipinski definition) is 2. The van der Waals surface area contributed by atoms with E-state index in [1.54, 1.807) is 0 Å². The van der Waals surface area contributed by atoms with Gasteiger partial charge in [-0.3, -0.25) is 4.57 Å². The Bertz CT molecular complexity index is 2990. The van der Waals surface area contributed by atoms with Gasteiger partial charge in [0.25, 0.3) is 0 Å². The molecule has 0 aliphatic rings. The summed E-state index contributed by atoms with van der Waals surface area (Å²) in [5.41, 5.74) is 14.7. The first-order valence-corrected chi connectivity index (χ1v) is 18.7. The molecule has 0 N–H and O–H groups in total. The molecule has 262 valence electrons. The second kappa shape index (κ2) is 13.3. The zero-order valence-corrected chi connectivity index (χ0v) is 30.7. The Balaban J connectivity index is 1.18. The summed E-state index contributed by atoms with van der Waals surface area (Å²) >= 11 is 0. The number of imidazole rings is 1. The van der Waals surface area contributed by atoms with Crippen LogP contribution in [0.25, 0.3) is 61.2 Å². The minimum absolute atomic E-state index is 0.886. The van der Waals surface area contributed by atoms with E-state index in [4.69, 9.17) is 4.98 Å². The number of aromatic nitrogens is 4. The van der Waals surface area contributed by atoms with Crippen LogP contribution in [0, 0.1) is 13.8 Å². The zero-order chi connectivity index (χ0) is 36.9. The predicted molar refractivity (Wildman–Crippen MR) is 229 cm³/mol. The Morgan fingerprint density at radius 1 is 0.455 bits per heavy atom. The average molecular weight is 709 g/mol. The number of nitrogens with zero attached hydrogens (tertiary/aromatic N) is 5. The molecule has 0 saturated heterocycles. The fraction of sp³-hybridized carbons (Fsp3) is 0.0400. The third kappa shape index (κ3) is 5.56. The number of hydrogen-bond donors (Lipinski definition) is 0. The largest absolute Gasteiger partial charge is 0.309 e. The topological polar surface area (TPSA) is 30.9 Å². The molecule has 0 unspecified atom stereocenters. The Morgan fingerprint density at radius 3 is 1.82 bits per heavy atom. The Hall–Kier alpha value is -7.24. The van der Waals surface area contributed by atoms with Crippen LogP contribution in [0.3, 0.4) is 0 Å². The van der Waals surface area contributed by atoms with Crippen molar-refractivity contribution in [3.63, 3.8) is 0 Å². The SMILES string of the molecule is Cc1cccc(C)c1N(c1cccc(-n2[cH+]n(-c3ccccc3)c3ccccc32)c1)c1ccc2c3ccccc3n(-c3cc(-c4ccccc4)ccn3)c2c1. The molecule has 5 nitrogen and oxygen atoms in total. The van der Waals surface area contributed by atoms with E-state index in [1.807, 2.05) is 6.20 Å². The van der Waals surface area contributed by atoms with Crippen LogP contribution in [-0.2, 0) is 0 Å². The Kier molecular flexibility index (Phi) is 7.85. The first kappa shape index (κ1) is 32.4. The number of fused-ring (bicyclic) bond motifs is 4. The van der Waals surface area contributed by atoms with Crippen molar-refractivity contribution < 1.29 is 0 Å². The van der Waals surface area contributed by atoms with Gasteiger partial charge < -0.3 is 4.90 Å². The normalized spacial score (nSPS) is 11.5. The van der Waals surface area contributed by atoms with Crippen LogP contribution in [0.1, 0.15) is 11.1 Å². The third-order valence-corrected chi connectivity index (χ3v) is 10.7. The summed E-state index contributed by atoms with van der Waals surface area (Å²) in [6.45, 7) is 4.41. The fourth-order valence-corrected chi connectivity index (χ4v) is 8.15. The molecular formula is C50H38N5+. The molecule has 0 amide bonds. The van der Waals surface area contributed by atoms with Crippen molar-refractivity contribution in [1.29, 1.82) is 0 Å². The molecule has 0 bridgehead atoms. The maximum absolute atomic E-state index is 4.97. The lowest BCUT2D eigenvalue weighted by Crippen LogP contribution is -2.13. The van der Waals surface area contributed by atoms with E-state index in [-0.39, 0.29) is 0 Å². The first-order chi connectivity index (χ1) is 27.1. The van der Waals surface area contributed by atoms with Crippen LogP contribution >= 0.6 is 0 Å². The van der Waals surface area contributed by atoms with Gasteiger partial charge >= 0.3 is 0 Å². The second-order valence-corrected chi connectivity index (χ2v) is 14.1. The molecule has 0 spiro atoms. The molecule has 7 aromatic carbocycles. The highest BCUT2D eigenvalue weighted by atomic mass is 15.2. The number of anilines is 3. The van der Waals surface area contributed by atoms with Crippen LogP contribution in [0.5, 0.6) is 0 Å². The quantitative estimate of drug-likeness (QED) is 0.154. The third-order valence-electron chi connectivity index (χ3n) is 10.7. The molecule has 0 aliphatic heterocycles. The van der Waals surface area contributed by atoms with Crippen molar-refractivity contribution in [3.8, 4) is 28.3 Å². The average Bonchev–Trinajstić information content (AvgIpc) is 3.79. The smallest absolute Gasteiger partial charge is 0.168 e. The number of rotatable bonds is 7. The highest BCUT2D eigenvalue weighted by molar-refractivity contribution is 6.10. The fourth-order valence-electron chi connectivity index (χ4n) is 8.15. The summed E-state index contributed by atoms with van der Waals surface area (Å²) in [6, 6.07) is 64.9. The molecule has 3 aromatic heterocycles. The van der Waals surface area contributed by atoms with Crippen molar-refractivity contribution in [2.24, 2.45) is 0 Å². The van der Waals surface area contributed by atoms with Gasteiger partial charge in [0.1, 0.15) is 17.2 Å². The van der Waals surface area contributed by atoms with E-state index >= 15 is 0 Å². The summed E-state index contributed by atoms with van der Waals surface area (Å²) in [7, 11) is 0. The lowest BCUT2D eigenvalue weighted by Gasteiger charge is -2.29. The lowest BCUT2D eigenvalue weighted by atomic mass is 10.0. The molecule has 3 heterocycles. The van der Waals surface area contributed by atoms with E-state index < -0.39 is 0 Å². The molecule has 5 heteroatoms. The Morgan fingerprint density at radius 2 is 1.05 bits per heavy atom. The second-order valence-electron chi connectivity index (χ2n) is 14.1. The molecule has 0 fully saturated rings. The summed E-state index contributed by atoms with van der Waals surface area (Å²) in [6.07, 6.45) is 4.12. The van der Waals surface area contributed by atoms with Gasteiger partial charge in [0.2, 0.25) is 0 Å². The molecule has 0 aliphatic carbocycles. The number of pyridine rings is 1. The van der Waals surface area contributed by atoms with Gasteiger partial charge in [0, 0.05) is 40.9 Å². The van der Waals surface area contributed by atoms with Crippen LogP contribution in [0.2, 0.25) is 0 Å². The first-order valence-electron chi connectivity index (χ1n) is 18.7. The van der Waals surface area contributed by atoms with E-state index in [0.717, 1.165) is 56.2 Å². The number of para-hydroxylation sites is 5. The maximum atomic E-state index is 4.97. The molecule has 10 rings (SSSR count). The molecule has 55 heavy (non-hydrogen) atoms. The molecule has 0 radical (unpaired) electrons. The Labute approximate surface area is 320 Å². The minimum atomic E-state index is 0.886. The molecule has 0 atom stereocenters. The van der Waals surface area contributed by atoms with Crippen molar-refractivity contribution in [2.45, 2.75) is 13.8 Å². The monoisotopic (exact) mass is 708 g/mol. The van der Waals surface area contributed by atoms with Gasteiger partial charge in [-0.05, 0) is 90.7 Å². The van der Waals surface area contributed by atoms with E-state index in [1.165, 1.54) is 33.2 Å². The van der Waals surface area contributed by atoms with Crippen LogP contribution < -0.4 is 4.90 Å². The van der Waals surface area contributed by atoms with Crippen LogP contribution in [0.4, 0.5) is 17.1 Å². The minimum Gasteiger partial charge on any atom is -0.309 e. The summed E-state index contributed by atoms with van der Waals surface area (Å²) < 4.78 is 6.87. The molecule has 10 aromatic rings.